The van der Waals surface area contributed by atoms with E-state index in [2.05, 4.69) is 0 Å². The summed E-state index contributed by atoms with van der Waals surface area (Å²) in [4.78, 5) is 40.5. The fourth-order valence-corrected chi connectivity index (χ4v) is 4.06. The summed E-state index contributed by atoms with van der Waals surface area (Å²) in [6.07, 6.45) is 1.26. The Bertz CT molecular complexity index is 728. The minimum atomic E-state index is -1.07. The average Bonchev–Trinajstić information content (AvgIpc) is 3.04. The summed E-state index contributed by atoms with van der Waals surface area (Å²) in [6, 6.07) is 7.65. The Morgan fingerprint density at radius 3 is 2.63 bits per heavy atom. The number of aryl methyl sites for hydroxylation is 1. The second-order valence-electron chi connectivity index (χ2n) is 7.62. The number of rotatable bonds is 5. The fraction of sp³-hybridized carbons (Fsp3) is 0.550. The van der Waals surface area contributed by atoms with Crippen LogP contribution in [0.25, 0.3) is 0 Å². The number of nitrogens with zero attached hydrogens (tertiary/aromatic N) is 2. The molecule has 0 aliphatic carbocycles. The van der Waals surface area contributed by atoms with Crippen molar-refractivity contribution in [1.82, 2.24) is 4.90 Å². The molecule has 2 atom stereocenters. The zero-order valence-corrected chi connectivity index (χ0v) is 15.8. The highest BCUT2D eigenvalue weighted by Crippen LogP contribution is 2.33. The number of carbonyl (C=O) groups is 3. The third-order valence-corrected chi connectivity index (χ3v) is 5.58. The van der Waals surface area contributed by atoms with Gasteiger partial charge in [0.05, 0.1) is 12.5 Å². The van der Waals surface area contributed by atoms with Crippen molar-refractivity contribution in [3.63, 3.8) is 0 Å². The third-order valence-electron chi connectivity index (χ3n) is 5.58. The van der Waals surface area contributed by atoms with Gasteiger partial charge in [-0.05, 0) is 31.9 Å². The number of benzene rings is 1. The molecule has 7 nitrogen and oxygen atoms in total. The summed E-state index contributed by atoms with van der Waals surface area (Å²) >= 11 is 0. The molecule has 2 fully saturated rings. The molecule has 0 bridgehead atoms. The molecular weight excluding hydrogens is 348 g/mol. The topological polar surface area (TPSA) is 87.1 Å². The molecular formula is C20H26N2O5. The van der Waals surface area contributed by atoms with E-state index < -0.39 is 17.3 Å². The first-order valence-corrected chi connectivity index (χ1v) is 9.24. The van der Waals surface area contributed by atoms with Gasteiger partial charge in [-0.3, -0.25) is 14.4 Å². The summed E-state index contributed by atoms with van der Waals surface area (Å²) in [7, 11) is 1.47. The SMILES string of the molecule is COCC1(C(=O)O)CCCN(C(=O)C2CC(=O)N(c3ccc(C)cc3)C2)C1. The van der Waals surface area contributed by atoms with Gasteiger partial charge >= 0.3 is 5.97 Å². The van der Waals surface area contributed by atoms with E-state index in [1.165, 1.54) is 7.11 Å². The Balaban J connectivity index is 1.71. The van der Waals surface area contributed by atoms with Crippen molar-refractivity contribution < 1.29 is 24.2 Å². The number of ether oxygens (including phenoxy) is 1. The van der Waals surface area contributed by atoms with Crippen LogP contribution in [-0.4, -0.2) is 61.1 Å². The molecule has 2 amide bonds. The van der Waals surface area contributed by atoms with Crippen LogP contribution < -0.4 is 4.90 Å². The highest BCUT2D eigenvalue weighted by atomic mass is 16.5. The normalized spacial score (nSPS) is 25.7. The number of carboxylic acid groups (broad SMARTS) is 1. The Kier molecular flexibility index (Phi) is 5.51. The number of carbonyl (C=O) groups excluding carboxylic acids is 2. The predicted molar refractivity (Wildman–Crippen MR) is 99.4 cm³/mol. The quantitative estimate of drug-likeness (QED) is 0.847. The lowest BCUT2D eigenvalue weighted by Gasteiger charge is -2.40. The van der Waals surface area contributed by atoms with E-state index in [1.54, 1.807) is 9.80 Å². The van der Waals surface area contributed by atoms with E-state index >= 15 is 0 Å². The van der Waals surface area contributed by atoms with Crippen LogP contribution in [0.1, 0.15) is 24.8 Å². The number of anilines is 1. The van der Waals surface area contributed by atoms with Gasteiger partial charge in [-0.25, -0.2) is 0 Å². The number of aliphatic carboxylic acids is 1. The van der Waals surface area contributed by atoms with Crippen LogP contribution in [0.5, 0.6) is 0 Å². The van der Waals surface area contributed by atoms with Gasteiger partial charge in [0.15, 0.2) is 0 Å². The van der Waals surface area contributed by atoms with Crippen LogP contribution in [0.2, 0.25) is 0 Å². The zero-order chi connectivity index (χ0) is 19.6. The minimum Gasteiger partial charge on any atom is -0.481 e. The van der Waals surface area contributed by atoms with E-state index in [1.807, 2.05) is 31.2 Å². The Labute approximate surface area is 158 Å². The van der Waals surface area contributed by atoms with Gasteiger partial charge in [0.1, 0.15) is 5.41 Å². The van der Waals surface area contributed by atoms with Crippen molar-refractivity contribution in [2.45, 2.75) is 26.2 Å². The Hall–Kier alpha value is -2.41. The van der Waals surface area contributed by atoms with E-state index in [0.29, 0.717) is 25.9 Å². The highest BCUT2D eigenvalue weighted by Gasteiger charge is 2.46. The molecule has 7 heteroatoms. The molecule has 0 saturated carbocycles. The van der Waals surface area contributed by atoms with Crippen molar-refractivity contribution in [3.05, 3.63) is 29.8 Å². The van der Waals surface area contributed by atoms with Gasteiger partial charge in [-0.1, -0.05) is 17.7 Å². The van der Waals surface area contributed by atoms with Crippen molar-refractivity contribution in [2.75, 3.05) is 38.3 Å². The third kappa shape index (κ3) is 3.83. The molecule has 2 unspecified atom stereocenters. The molecule has 27 heavy (non-hydrogen) atoms. The van der Waals surface area contributed by atoms with Gasteiger partial charge in [0, 0.05) is 38.9 Å². The number of likely N-dealkylation sites (tertiary alicyclic amines) is 1. The van der Waals surface area contributed by atoms with Crippen molar-refractivity contribution >= 4 is 23.5 Å². The van der Waals surface area contributed by atoms with E-state index in [0.717, 1.165) is 11.3 Å². The molecule has 0 spiro atoms. The van der Waals surface area contributed by atoms with Crippen LogP contribution in [0.3, 0.4) is 0 Å². The standard InChI is InChI=1S/C20H26N2O5/c1-14-4-6-16(7-5-14)22-11-15(10-17(22)23)18(24)21-9-3-8-20(12-21,13-27-2)19(25)26/h4-7,15H,3,8-13H2,1-2H3,(H,25,26). The summed E-state index contributed by atoms with van der Waals surface area (Å²) < 4.78 is 5.12. The number of piperidine rings is 1. The summed E-state index contributed by atoms with van der Waals surface area (Å²) in [5.74, 6) is -1.59. The Morgan fingerprint density at radius 2 is 2.00 bits per heavy atom. The number of hydrogen-bond acceptors (Lipinski definition) is 4. The van der Waals surface area contributed by atoms with Crippen LogP contribution in [0.15, 0.2) is 24.3 Å². The molecule has 1 aromatic carbocycles. The number of hydrogen-bond donors (Lipinski definition) is 1. The lowest BCUT2D eigenvalue weighted by molar-refractivity contribution is -0.160. The molecule has 146 valence electrons. The molecule has 2 aliphatic heterocycles. The molecule has 1 N–H and O–H groups in total. The number of amides is 2. The first kappa shape index (κ1) is 19.4. The lowest BCUT2D eigenvalue weighted by Crippen LogP contribution is -2.53. The predicted octanol–water partition coefficient (Wildman–Crippen LogP) is 1.69. The molecule has 3 rings (SSSR count). The van der Waals surface area contributed by atoms with E-state index in [9.17, 15) is 19.5 Å². The van der Waals surface area contributed by atoms with Gasteiger partial charge in [0.25, 0.3) is 0 Å². The van der Waals surface area contributed by atoms with Crippen molar-refractivity contribution in [3.8, 4) is 0 Å². The maximum absolute atomic E-state index is 13.0. The highest BCUT2D eigenvalue weighted by molar-refractivity contribution is 6.00. The van der Waals surface area contributed by atoms with Gasteiger partial charge in [-0.2, -0.15) is 0 Å². The van der Waals surface area contributed by atoms with E-state index in [-0.39, 0.29) is 31.4 Å². The molecule has 0 radical (unpaired) electrons. The minimum absolute atomic E-state index is 0.0735. The molecule has 0 aromatic heterocycles. The van der Waals surface area contributed by atoms with Crippen molar-refractivity contribution in [2.24, 2.45) is 11.3 Å². The molecule has 2 heterocycles. The first-order valence-electron chi connectivity index (χ1n) is 9.24. The van der Waals surface area contributed by atoms with Crippen molar-refractivity contribution in [1.29, 1.82) is 0 Å². The monoisotopic (exact) mass is 374 g/mol. The lowest BCUT2D eigenvalue weighted by atomic mass is 9.80. The van der Waals surface area contributed by atoms with Crippen LogP contribution in [0.4, 0.5) is 5.69 Å². The van der Waals surface area contributed by atoms with Gasteiger partial charge < -0.3 is 19.6 Å². The second-order valence-corrected chi connectivity index (χ2v) is 7.62. The van der Waals surface area contributed by atoms with Crippen LogP contribution in [-0.2, 0) is 19.1 Å². The number of methoxy groups -OCH3 is 1. The van der Waals surface area contributed by atoms with Crippen LogP contribution >= 0.6 is 0 Å². The van der Waals surface area contributed by atoms with Crippen LogP contribution in [0, 0.1) is 18.3 Å². The molecule has 2 saturated heterocycles. The van der Waals surface area contributed by atoms with Gasteiger partial charge in [0.2, 0.25) is 11.8 Å². The van der Waals surface area contributed by atoms with Gasteiger partial charge in [-0.15, -0.1) is 0 Å². The summed E-state index contributed by atoms with van der Waals surface area (Å²) in [5, 5.41) is 9.66. The molecule has 2 aliphatic rings. The smallest absolute Gasteiger partial charge is 0.313 e. The average molecular weight is 374 g/mol. The maximum Gasteiger partial charge on any atom is 0.313 e. The second kappa shape index (κ2) is 7.68. The molecule has 1 aromatic rings. The first-order chi connectivity index (χ1) is 12.9. The summed E-state index contributed by atoms with van der Waals surface area (Å²) in [6.45, 7) is 3.04. The fourth-order valence-electron chi connectivity index (χ4n) is 4.06. The number of carboxylic acids is 1. The zero-order valence-electron chi connectivity index (χ0n) is 15.8. The van der Waals surface area contributed by atoms with E-state index in [4.69, 9.17) is 4.74 Å². The summed E-state index contributed by atoms with van der Waals surface area (Å²) in [5.41, 5.74) is 0.829. The Morgan fingerprint density at radius 1 is 1.30 bits per heavy atom. The maximum atomic E-state index is 13.0. The largest absolute Gasteiger partial charge is 0.481 e.